The number of nitriles is 1. The van der Waals surface area contributed by atoms with Crippen molar-refractivity contribution in [2.24, 2.45) is 11.8 Å². The first-order valence-corrected chi connectivity index (χ1v) is 7.49. The molecule has 2 fully saturated rings. The van der Waals surface area contributed by atoms with Gasteiger partial charge in [-0.2, -0.15) is 5.26 Å². The van der Waals surface area contributed by atoms with E-state index in [0.29, 0.717) is 0 Å². The van der Waals surface area contributed by atoms with Gasteiger partial charge in [-0.05, 0) is 64.5 Å². The van der Waals surface area contributed by atoms with Gasteiger partial charge in [0, 0.05) is 13.1 Å². The van der Waals surface area contributed by atoms with Crippen LogP contribution < -0.4 is 5.32 Å². The van der Waals surface area contributed by atoms with Crippen LogP contribution in [-0.4, -0.2) is 37.1 Å². The lowest BCUT2D eigenvalue weighted by molar-refractivity contribution is 0.297. The van der Waals surface area contributed by atoms with Crippen molar-refractivity contribution in [2.75, 3.05) is 26.7 Å². The van der Waals surface area contributed by atoms with E-state index in [0.717, 1.165) is 24.7 Å². The number of nitrogens with one attached hydrogen (secondary N) is 1. The molecular weight excluding hydrogens is 222 g/mol. The standard InChI is InChI=1S/C15H27N3/c1-15(12-16,17-2)8-3-4-9-18-10-13-6-5-7-14(13)11-18/h13-14,17H,3-11H2,1-2H3. The van der Waals surface area contributed by atoms with Gasteiger partial charge in [0.2, 0.25) is 0 Å². The van der Waals surface area contributed by atoms with Gasteiger partial charge in [0.15, 0.2) is 0 Å². The Morgan fingerprint density at radius 2 is 1.94 bits per heavy atom. The molecule has 18 heavy (non-hydrogen) atoms. The Labute approximate surface area is 112 Å². The Morgan fingerprint density at radius 3 is 2.50 bits per heavy atom. The van der Waals surface area contributed by atoms with Gasteiger partial charge in [0.25, 0.3) is 0 Å². The maximum absolute atomic E-state index is 9.08. The molecule has 3 nitrogen and oxygen atoms in total. The average molecular weight is 249 g/mol. The molecule has 1 aliphatic heterocycles. The summed E-state index contributed by atoms with van der Waals surface area (Å²) in [6.45, 7) is 5.91. The number of rotatable bonds is 6. The molecule has 102 valence electrons. The van der Waals surface area contributed by atoms with Crippen LogP contribution >= 0.6 is 0 Å². The second-order valence-corrected chi connectivity index (χ2v) is 6.36. The van der Waals surface area contributed by atoms with Crippen molar-refractivity contribution in [1.29, 1.82) is 5.26 Å². The van der Waals surface area contributed by atoms with E-state index in [2.05, 4.69) is 16.3 Å². The van der Waals surface area contributed by atoms with Crippen LogP contribution in [0.5, 0.6) is 0 Å². The lowest BCUT2D eigenvalue weighted by Crippen LogP contribution is -2.38. The summed E-state index contributed by atoms with van der Waals surface area (Å²) in [5.74, 6) is 2.01. The Hall–Kier alpha value is -0.590. The van der Waals surface area contributed by atoms with Gasteiger partial charge >= 0.3 is 0 Å². The third-order valence-corrected chi connectivity index (χ3v) is 5.00. The molecule has 0 aromatic heterocycles. The highest BCUT2D eigenvalue weighted by molar-refractivity contribution is 5.02. The minimum atomic E-state index is -0.332. The van der Waals surface area contributed by atoms with Crippen molar-refractivity contribution < 1.29 is 0 Å². The first-order valence-electron chi connectivity index (χ1n) is 7.49. The number of nitrogens with zero attached hydrogens (tertiary/aromatic N) is 2. The third-order valence-electron chi connectivity index (χ3n) is 5.00. The van der Waals surface area contributed by atoms with Gasteiger partial charge in [-0.1, -0.05) is 6.42 Å². The summed E-state index contributed by atoms with van der Waals surface area (Å²) in [6.07, 6.45) is 7.74. The molecule has 0 aromatic rings. The fraction of sp³-hybridized carbons (Fsp3) is 0.933. The van der Waals surface area contributed by atoms with Crippen LogP contribution in [-0.2, 0) is 0 Å². The molecule has 1 saturated carbocycles. The zero-order valence-corrected chi connectivity index (χ0v) is 11.9. The predicted octanol–water partition coefficient (Wildman–Crippen LogP) is 2.39. The van der Waals surface area contributed by atoms with E-state index in [9.17, 15) is 0 Å². The molecule has 1 saturated heterocycles. The van der Waals surface area contributed by atoms with Crippen LogP contribution in [0.15, 0.2) is 0 Å². The smallest absolute Gasteiger partial charge is 0.103 e. The number of unbranched alkanes of at least 4 members (excludes halogenated alkanes) is 1. The lowest BCUT2D eigenvalue weighted by atomic mass is 9.97. The Morgan fingerprint density at radius 1 is 1.28 bits per heavy atom. The summed E-state index contributed by atoms with van der Waals surface area (Å²) in [4.78, 5) is 2.65. The van der Waals surface area contributed by atoms with E-state index < -0.39 is 0 Å². The van der Waals surface area contributed by atoms with Gasteiger partial charge in [-0.15, -0.1) is 0 Å². The molecule has 2 aliphatic rings. The summed E-state index contributed by atoms with van der Waals surface area (Å²) in [5, 5.41) is 12.2. The second kappa shape index (κ2) is 6.04. The van der Waals surface area contributed by atoms with Crippen molar-refractivity contribution in [3.05, 3.63) is 0 Å². The van der Waals surface area contributed by atoms with Crippen LogP contribution in [0.2, 0.25) is 0 Å². The highest BCUT2D eigenvalue weighted by Crippen LogP contribution is 2.37. The summed E-state index contributed by atoms with van der Waals surface area (Å²) >= 11 is 0. The summed E-state index contributed by atoms with van der Waals surface area (Å²) in [6, 6.07) is 2.36. The van der Waals surface area contributed by atoms with Crippen molar-refractivity contribution >= 4 is 0 Å². The van der Waals surface area contributed by atoms with Crippen molar-refractivity contribution in [1.82, 2.24) is 10.2 Å². The molecule has 1 N–H and O–H groups in total. The Bertz CT molecular complexity index is 297. The van der Waals surface area contributed by atoms with Crippen molar-refractivity contribution in [2.45, 2.75) is 51.0 Å². The summed E-state index contributed by atoms with van der Waals surface area (Å²) in [7, 11) is 1.88. The largest absolute Gasteiger partial charge is 0.303 e. The fourth-order valence-corrected chi connectivity index (χ4v) is 3.57. The number of fused-ring (bicyclic) bond motifs is 1. The number of hydrogen-bond acceptors (Lipinski definition) is 3. The third kappa shape index (κ3) is 3.24. The molecule has 0 spiro atoms. The number of likely N-dealkylation sites (tertiary alicyclic amines) is 1. The van der Waals surface area contributed by atoms with Crippen LogP contribution in [0.3, 0.4) is 0 Å². The SMILES string of the molecule is CNC(C)(C#N)CCCCN1CC2CCCC2C1. The van der Waals surface area contributed by atoms with E-state index in [1.807, 2.05) is 14.0 Å². The molecule has 3 heteroatoms. The monoisotopic (exact) mass is 249 g/mol. The lowest BCUT2D eigenvalue weighted by Gasteiger charge is -2.21. The van der Waals surface area contributed by atoms with Gasteiger partial charge in [-0.3, -0.25) is 0 Å². The van der Waals surface area contributed by atoms with Crippen molar-refractivity contribution in [3.8, 4) is 6.07 Å². The number of hydrogen-bond donors (Lipinski definition) is 1. The van der Waals surface area contributed by atoms with E-state index >= 15 is 0 Å². The Kier molecular flexibility index (Phi) is 4.64. The normalized spacial score (nSPS) is 30.9. The zero-order valence-electron chi connectivity index (χ0n) is 11.9. The maximum atomic E-state index is 9.08. The molecule has 1 aliphatic carbocycles. The minimum Gasteiger partial charge on any atom is -0.303 e. The molecule has 3 atom stereocenters. The topological polar surface area (TPSA) is 39.1 Å². The molecule has 3 unspecified atom stereocenters. The Balaban J connectivity index is 1.61. The van der Waals surface area contributed by atoms with Gasteiger partial charge < -0.3 is 10.2 Å². The quantitative estimate of drug-likeness (QED) is 0.735. The average Bonchev–Trinajstić information content (AvgIpc) is 2.95. The van der Waals surface area contributed by atoms with Crippen LogP contribution in [0, 0.1) is 23.2 Å². The van der Waals surface area contributed by atoms with Crippen molar-refractivity contribution in [3.63, 3.8) is 0 Å². The predicted molar refractivity (Wildman–Crippen MR) is 74.2 cm³/mol. The van der Waals surface area contributed by atoms with Crippen LogP contribution in [0.4, 0.5) is 0 Å². The summed E-state index contributed by atoms with van der Waals surface area (Å²) < 4.78 is 0. The van der Waals surface area contributed by atoms with Gasteiger partial charge in [0.05, 0.1) is 6.07 Å². The highest BCUT2D eigenvalue weighted by Gasteiger charge is 2.35. The van der Waals surface area contributed by atoms with E-state index in [1.54, 1.807) is 0 Å². The first kappa shape index (κ1) is 13.8. The van der Waals surface area contributed by atoms with Crippen LogP contribution in [0.1, 0.15) is 45.4 Å². The maximum Gasteiger partial charge on any atom is 0.103 e. The molecule has 2 rings (SSSR count). The molecule has 0 amide bonds. The van der Waals surface area contributed by atoms with Gasteiger partial charge in [0.1, 0.15) is 5.54 Å². The summed E-state index contributed by atoms with van der Waals surface area (Å²) in [5.41, 5.74) is -0.332. The van der Waals surface area contributed by atoms with Gasteiger partial charge in [-0.25, -0.2) is 0 Å². The molecule has 0 bridgehead atoms. The fourth-order valence-electron chi connectivity index (χ4n) is 3.57. The molecule has 0 radical (unpaired) electrons. The minimum absolute atomic E-state index is 0.332. The zero-order chi connectivity index (χ0) is 13.0. The van der Waals surface area contributed by atoms with E-state index in [4.69, 9.17) is 5.26 Å². The highest BCUT2D eigenvalue weighted by atomic mass is 15.2. The first-order chi connectivity index (χ1) is 8.67. The molecule has 1 heterocycles. The van der Waals surface area contributed by atoms with E-state index in [1.165, 1.54) is 45.3 Å². The molecule has 0 aromatic carbocycles. The second-order valence-electron chi connectivity index (χ2n) is 6.36. The molecular formula is C15H27N3. The van der Waals surface area contributed by atoms with E-state index in [-0.39, 0.29) is 5.54 Å². The van der Waals surface area contributed by atoms with Crippen LogP contribution in [0.25, 0.3) is 0 Å².